The van der Waals surface area contributed by atoms with E-state index in [1.807, 2.05) is 17.9 Å². The maximum Gasteiger partial charge on any atom is 0.233 e. The number of aryl methyl sites for hydroxylation is 1. The van der Waals surface area contributed by atoms with E-state index in [0.717, 1.165) is 48.1 Å². The van der Waals surface area contributed by atoms with Gasteiger partial charge in [-0.05, 0) is 36.6 Å². The molecule has 8 heteroatoms. The standard InChI is InChI=1S/C21H21N5OS2/c1-15-22-23-21(18-13-19-17(26(15)18)7-12-28-19)29-14-20(27)25-10-8-24(9-11-25)16-5-3-2-4-6-16/h2-7,12-13H,8-11,14H2,1H3. The number of nitrogens with zero attached hydrogens (tertiary/aromatic N) is 5. The Morgan fingerprint density at radius 2 is 1.86 bits per heavy atom. The highest BCUT2D eigenvalue weighted by Crippen LogP contribution is 2.31. The van der Waals surface area contributed by atoms with Crippen molar-refractivity contribution in [1.29, 1.82) is 0 Å². The SMILES string of the molecule is Cc1nnc(SCC(=O)N2CCN(c3ccccc3)CC2)c2cc3sccc3n12. The molecule has 6 nitrogen and oxygen atoms in total. The van der Waals surface area contributed by atoms with Crippen molar-refractivity contribution in [2.45, 2.75) is 11.9 Å². The van der Waals surface area contributed by atoms with Gasteiger partial charge in [0.25, 0.3) is 0 Å². The summed E-state index contributed by atoms with van der Waals surface area (Å²) < 4.78 is 3.35. The van der Waals surface area contributed by atoms with E-state index in [1.54, 1.807) is 11.3 Å². The number of hydrogen-bond donors (Lipinski definition) is 0. The largest absolute Gasteiger partial charge is 0.368 e. The van der Waals surface area contributed by atoms with Crippen molar-refractivity contribution in [3.63, 3.8) is 0 Å². The molecule has 148 valence electrons. The number of benzene rings is 1. The zero-order chi connectivity index (χ0) is 19.8. The van der Waals surface area contributed by atoms with Crippen LogP contribution >= 0.6 is 23.1 Å². The molecule has 1 fully saturated rings. The molecule has 0 spiro atoms. The number of fused-ring (bicyclic) bond motifs is 3. The molecular weight excluding hydrogens is 402 g/mol. The Hall–Kier alpha value is -2.58. The number of amides is 1. The van der Waals surface area contributed by atoms with Crippen LogP contribution in [-0.2, 0) is 4.79 Å². The molecular formula is C21H21N5OS2. The first kappa shape index (κ1) is 18.4. The van der Waals surface area contributed by atoms with Gasteiger partial charge in [-0.3, -0.25) is 9.20 Å². The molecule has 1 aliphatic heterocycles. The van der Waals surface area contributed by atoms with Gasteiger partial charge in [0.05, 0.1) is 21.5 Å². The average Bonchev–Trinajstić information content (AvgIpc) is 3.36. The number of anilines is 1. The number of thioether (sulfide) groups is 1. The number of carbonyl (C=O) groups excluding carboxylic acids is 1. The summed E-state index contributed by atoms with van der Waals surface area (Å²) in [5.74, 6) is 1.41. The van der Waals surface area contributed by atoms with E-state index in [9.17, 15) is 4.79 Å². The van der Waals surface area contributed by atoms with Gasteiger partial charge in [0, 0.05) is 31.9 Å². The van der Waals surface area contributed by atoms with E-state index in [4.69, 9.17) is 0 Å². The van der Waals surface area contributed by atoms with E-state index in [2.05, 4.69) is 61.3 Å². The monoisotopic (exact) mass is 423 g/mol. The van der Waals surface area contributed by atoms with Gasteiger partial charge < -0.3 is 9.80 Å². The molecule has 0 N–H and O–H groups in total. The zero-order valence-corrected chi connectivity index (χ0v) is 17.7. The minimum Gasteiger partial charge on any atom is -0.368 e. The van der Waals surface area contributed by atoms with Crippen molar-refractivity contribution in [2.75, 3.05) is 36.8 Å². The second kappa shape index (κ2) is 7.68. The first-order valence-electron chi connectivity index (χ1n) is 9.63. The molecule has 1 aliphatic rings. The minimum atomic E-state index is 0.164. The first-order chi connectivity index (χ1) is 14.2. The molecule has 4 heterocycles. The van der Waals surface area contributed by atoms with Gasteiger partial charge in [0.2, 0.25) is 5.91 Å². The molecule has 1 aromatic carbocycles. The summed E-state index contributed by atoms with van der Waals surface area (Å²) in [5.41, 5.74) is 3.41. The number of para-hydroxylation sites is 1. The number of rotatable bonds is 4. The number of aromatic nitrogens is 3. The van der Waals surface area contributed by atoms with Crippen molar-refractivity contribution in [3.8, 4) is 0 Å². The summed E-state index contributed by atoms with van der Waals surface area (Å²) in [4.78, 5) is 17.1. The van der Waals surface area contributed by atoms with Crippen molar-refractivity contribution >= 4 is 50.4 Å². The summed E-state index contributed by atoms with van der Waals surface area (Å²) in [6.45, 7) is 5.20. The smallest absolute Gasteiger partial charge is 0.233 e. The molecule has 1 saturated heterocycles. The summed E-state index contributed by atoms with van der Waals surface area (Å²) in [6.07, 6.45) is 0. The van der Waals surface area contributed by atoms with Gasteiger partial charge in [-0.25, -0.2) is 0 Å². The van der Waals surface area contributed by atoms with Gasteiger partial charge in [-0.2, -0.15) is 0 Å². The average molecular weight is 424 g/mol. The maximum absolute atomic E-state index is 12.8. The third-order valence-electron chi connectivity index (χ3n) is 5.34. The molecule has 5 rings (SSSR count). The highest BCUT2D eigenvalue weighted by Gasteiger charge is 2.22. The zero-order valence-electron chi connectivity index (χ0n) is 16.1. The predicted octanol–water partition coefficient (Wildman–Crippen LogP) is 3.69. The van der Waals surface area contributed by atoms with Gasteiger partial charge >= 0.3 is 0 Å². The summed E-state index contributed by atoms with van der Waals surface area (Å²) in [6, 6.07) is 14.6. The second-order valence-corrected chi connectivity index (χ2v) is 8.99. The van der Waals surface area contributed by atoms with Crippen LogP contribution in [0.3, 0.4) is 0 Å². The van der Waals surface area contributed by atoms with Gasteiger partial charge in [0.15, 0.2) is 0 Å². The first-order valence-corrected chi connectivity index (χ1v) is 11.5. The normalized spacial score (nSPS) is 14.8. The van der Waals surface area contributed by atoms with E-state index in [-0.39, 0.29) is 5.91 Å². The molecule has 0 aliphatic carbocycles. The Balaban J connectivity index is 1.25. The van der Waals surface area contributed by atoms with Crippen LogP contribution in [-0.4, -0.2) is 57.3 Å². The van der Waals surface area contributed by atoms with Gasteiger partial charge in [-0.15, -0.1) is 21.5 Å². The van der Waals surface area contributed by atoms with Crippen molar-refractivity contribution in [2.24, 2.45) is 0 Å². The quantitative estimate of drug-likeness (QED) is 0.469. The predicted molar refractivity (Wildman–Crippen MR) is 119 cm³/mol. The van der Waals surface area contributed by atoms with Crippen molar-refractivity contribution in [3.05, 3.63) is 53.7 Å². The molecule has 0 unspecified atom stereocenters. The topological polar surface area (TPSA) is 53.7 Å². The summed E-state index contributed by atoms with van der Waals surface area (Å²) >= 11 is 3.19. The fourth-order valence-corrected chi connectivity index (χ4v) is 5.46. The Bertz CT molecular complexity index is 1160. The summed E-state index contributed by atoms with van der Waals surface area (Å²) in [7, 11) is 0. The molecule has 0 saturated carbocycles. The van der Waals surface area contributed by atoms with Crippen LogP contribution < -0.4 is 4.90 Å². The third kappa shape index (κ3) is 3.47. The third-order valence-corrected chi connectivity index (χ3v) is 7.15. The number of carbonyl (C=O) groups is 1. The lowest BCUT2D eigenvalue weighted by atomic mass is 10.2. The molecule has 4 aromatic rings. The van der Waals surface area contributed by atoms with Crippen molar-refractivity contribution in [1.82, 2.24) is 19.5 Å². The minimum absolute atomic E-state index is 0.164. The number of hydrogen-bond acceptors (Lipinski definition) is 6. The highest BCUT2D eigenvalue weighted by atomic mass is 32.2. The highest BCUT2D eigenvalue weighted by molar-refractivity contribution is 8.00. The summed E-state index contributed by atoms with van der Waals surface area (Å²) in [5, 5.41) is 11.6. The lowest BCUT2D eigenvalue weighted by Crippen LogP contribution is -2.49. The van der Waals surface area contributed by atoms with E-state index in [0.29, 0.717) is 5.75 Å². The van der Waals surface area contributed by atoms with Crippen LogP contribution in [0, 0.1) is 6.92 Å². The van der Waals surface area contributed by atoms with Crippen LogP contribution in [0.2, 0.25) is 0 Å². The van der Waals surface area contributed by atoms with Gasteiger partial charge in [-0.1, -0.05) is 30.0 Å². The van der Waals surface area contributed by atoms with Crippen LogP contribution in [0.1, 0.15) is 5.82 Å². The molecule has 0 radical (unpaired) electrons. The Labute approximate surface area is 177 Å². The second-order valence-electron chi connectivity index (χ2n) is 7.08. The van der Waals surface area contributed by atoms with Crippen LogP contribution in [0.15, 0.2) is 52.9 Å². The van der Waals surface area contributed by atoms with Crippen LogP contribution in [0.4, 0.5) is 5.69 Å². The Morgan fingerprint density at radius 1 is 1.07 bits per heavy atom. The van der Waals surface area contributed by atoms with E-state index in [1.165, 1.54) is 22.1 Å². The van der Waals surface area contributed by atoms with Gasteiger partial charge in [0.1, 0.15) is 10.9 Å². The molecule has 29 heavy (non-hydrogen) atoms. The number of thiophene rings is 1. The maximum atomic E-state index is 12.8. The fraction of sp³-hybridized carbons (Fsp3) is 0.286. The lowest BCUT2D eigenvalue weighted by Gasteiger charge is -2.36. The molecule has 0 atom stereocenters. The Kier molecular flexibility index (Phi) is 4.89. The lowest BCUT2D eigenvalue weighted by molar-refractivity contribution is -0.128. The molecule has 0 bridgehead atoms. The number of piperazine rings is 1. The van der Waals surface area contributed by atoms with Crippen molar-refractivity contribution < 1.29 is 4.79 Å². The molecule has 3 aromatic heterocycles. The fourth-order valence-electron chi connectivity index (χ4n) is 3.82. The van der Waals surface area contributed by atoms with Crippen LogP contribution in [0.5, 0.6) is 0 Å². The van der Waals surface area contributed by atoms with E-state index >= 15 is 0 Å². The van der Waals surface area contributed by atoms with Crippen LogP contribution in [0.25, 0.3) is 15.7 Å². The molecule has 1 amide bonds. The van der Waals surface area contributed by atoms with E-state index < -0.39 is 0 Å². The Morgan fingerprint density at radius 3 is 2.66 bits per heavy atom.